The molecule has 0 N–H and O–H groups in total. The van der Waals surface area contributed by atoms with Crippen LogP contribution in [0, 0.1) is 13.8 Å². The van der Waals surface area contributed by atoms with Crippen LogP contribution in [0.25, 0.3) is 0 Å². The van der Waals surface area contributed by atoms with Crippen LogP contribution in [0.1, 0.15) is 24.7 Å². The van der Waals surface area contributed by atoms with Crippen LogP contribution < -0.4 is 4.57 Å². The second kappa shape index (κ2) is 3.51. The molecule has 0 aliphatic rings. The molecule has 1 heterocycles. The molecule has 0 aromatic carbocycles. The summed E-state index contributed by atoms with van der Waals surface area (Å²) in [4.78, 5) is 0. The van der Waals surface area contributed by atoms with Crippen molar-refractivity contribution in [1.82, 2.24) is 0 Å². The molecule has 0 aliphatic heterocycles. The Kier molecular flexibility index (Phi) is 2.64. The average Bonchev–Trinajstić information content (AvgIpc) is 1.97. The standard InChI is InChI=1S/C10H16N/c1-4-8-11-9(2)6-5-7-10(11)3/h5-7H,4,8H2,1-3H3/q+1. The molecule has 0 amide bonds. The maximum atomic E-state index is 2.35. The molecule has 11 heavy (non-hydrogen) atoms. The topological polar surface area (TPSA) is 3.88 Å². The van der Waals surface area contributed by atoms with Gasteiger partial charge in [-0.05, 0) is 6.07 Å². The second-order valence-electron chi connectivity index (χ2n) is 2.96. The van der Waals surface area contributed by atoms with Crippen LogP contribution in [-0.4, -0.2) is 0 Å². The Morgan fingerprint density at radius 1 is 1.18 bits per heavy atom. The summed E-state index contributed by atoms with van der Waals surface area (Å²) in [5, 5.41) is 0. The number of aryl methyl sites for hydroxylation is 2. The summed E-state index contributed by atoms with van der Waals surface area (Å²) in [7, 11) is 0. The first-order chi connectivity index (χ1) is 5.25. The zero-order chi connectivity index (χ0) is 8.27. The highest BCUT2D eigenvalue weighted by molar-refractivity contribution is 5.00. The number of hydrogen-bond donors (Lipinski definition) is 0. The molecule has 0 saturated heterocycles. The Hall–Kier alpha value is -0.850. The van der Waals surface area contributed by atoms with Gasteiger partial charge in [-0.15, -0.1) is 0 Å². The highest BCUT2D eigenvalue weighted by Gasteiger charge is 2.06. The summed E-state index contributed by atoms with van der Waals surface area (Å²) in [6.07, 6.45) is 1.20. The van der Waals surface area contributed by atoms with Crippen LogP contribution in [-0.2, 0) is 6.54 Å². The van der Waals surface area contributed by atoms with Gasteiger partial charge in [0.2, 0.25) is 0 Å². The minimum atomic E-state index is 1.14. The summed E-state index contributed by atoms with van der Waals surface area (Å²) in [5.74, 6) is 0. The van der Waals surface area contributed by atoms with Crippen molar-refractivity contribution >= 4 is 0 Å². The predicted octanol–water partition coefficient (Wildman–Crippen LogP) is 2.00. The molecule has 0 radical (unpaired) electrons. The summed E-state index contributed by atoms with van der Waals surface area (Å²) in [5.41, 5.74) is 2.71. The zero-order valence-electron chi connectivity index (χ0n) is 7.59. The van der Waals surface area contributed by atoms with E-state index >= 15 is 0 Å². The van der Waals surface area contributed by atoms with E-state index in [-0.39, 0.29) is 0 Å². The molecule has 0 saturated carbocycles. The van der Waals surface area contributed by atoms with Crippen molar-refractivity contribution in [3.8, 4) is 0 Å². The van der Waals surface area contributed by atoms with Crippen molar-refractivity contribution in [3.63, 3.8) is 0 Å². The minimum Gasteiger partial charge on any atom is -0.200 e. The van der Waals surface area contributed by atoms with Gasteiger partial charge < -0.3 is 0 Å². The van der Waals surface area contributed by atoms with Crippen molar-refractivity contribution in [1.29, 1.82) is 0 Å². The Bertz CT molecular complexity index is 220. The predicted molar refractivity (Wildman–Crippen MR) is 46.4 cm³/mol. The van der Waals surface area contributed by atoms with Crippen LogP contribution in [0.5, 0.6) is 0 Å². The lowest BCUT2D eigenvalue weighted by molar-refractivity contribution is -0.708. The quantitative estimate of drug-likeness (QED) is 0.568. The SMILES string of the molecule is CCC[n+]1c(C)cccc1C. The highest BCUT2D eigenvalue weighted by atomic mass is 15.0. The third-order valence-corrected chi connectivity index (χ3v) is 1.97. The van der Waals surface area contributed by atoms with E-state index in [4.69, 9.17) is 0 Å². The lowest BCUT2D eigenvalue weighted by atomic mass is 10.3. The lowest BCUT2D eigenvalue weighted by Gasteiger charge is -2.00. The molecular weight excluding hydrogens is 134 g/mol. The van der Waals surface area contributed by atoms with E-state index in [1.807, 2.05) is 0 Å². The number of nitrogens with zero attached hydrogens (tertiary/aromatic N) is 1. The number of rotatable bonds is 2. The van der Waals surface area contributed by atoms with E-state index in [1.165, 1.54) is 17.8 Å². The Morgan fingerprint density at radius 3 is 2.18 bits per heavy atom. The molecule has 0 spiro atoms. The highest BCUT2D eigenvalue weighted by Crippen LogP contribution is 1.94. The van der Waals surface area contributed by atoms with Crippen molar-refractivity contribution < 1.29 is 4.57 Å². The van der Waals surface area contributed by atoms with Crippen molar-refractivity contribution in [2.24, 2.45) is 0 Å². The van der Waals surface area contributed by atoms with Gasteiger partial charge in [-0.25, -0.2) is 4.57 Å². The lowest BCUT2D eigenvalue weighted by Crippen LogP contribution is -2.39. The molecule has 1 rings (SSSR count). The Balaban J connectivity index is 3.00. The van der Waals surface area contributed by atoms with Gasteiger partial charge in [0.15, 0.2) is 11.4 Å². The zero-order valence-corrected chi connectivity index (χ0v) is 7.59. The van der Waals surface area contributed by atoms with Crippen molar-refractivity contribution in [2.75, 3.05) is 0 Å². The number of pyridine rings is 1. The summed E-state index contributed by atoms with van der Waals surface area (Å²) in [6.45, 7) is 7.66. The van der Waals surface area contributed by atoms with E-state index in [2.05, 4.69) is 43.5 Å². The third kappa shape index (κ3) is 1.79. The summed E-state index contributed by atoms with van der Waals surface area (Å²) >= 11 is 0. The van der Waals surface area contributed by atoms with Gasteiger partial charge in [0.05, 0.1) is 0 Å². The maximum Gasteiger partial charge on any atom is 0.178 e. The van der Waals surface area contributed by atoms with Crippen LogP contribution in [0.3, 0.4) is 0 Å². The normalized spacial score (nSPS) is 10.1. The van der Waals surface area contributed by atoms with Gasteiger partial charge in [0.25, 0.3) is 0 Å². The average molecular weight is 150 g/mol. The molecule has 0 aliphatic carbocycles. The van der Waals surface area contributed by atoms with E-state index in [0.717, 1.165) is 6.54 Å². The van der Waals surface area contributed by atoms with Gasteiger partial charge in [-0.2, -0.15) is 0 Å². The second-order valence-corrected chi connectivity index (χ2v) is 2.96. The third-order valence-electron chi connectivity index (χ3n) is 1.97. The Labute approximate surface area is 68.7 Å². The van der Waals surface area contributed by atoms with Gasteiger partial charge in [-0.1, -0.05) is 6.92 Å². The van der Waals surface area contributed by atoms with Crippen LogP contribution in [0.4, 0.5) is 0 Å². The first-order valence-electron chi connectivity index (χ1n) is 4.21. The summed E-state index contributed by atoms with van der Waals surface area (Å²) in [6, 6.07) is 6.42. The van der Waals surface area contributed by atoms with Gasteiger partial charge >= 0.3 is 0 Å². The molecule has 60 valence electrons. The van der Waals surface area contributed by atoms with Crippen LogP contribution >= 0.6 is 0 Å². The van der Waals surface area contributed by atoms with Crippen molar-refractivity contribution in [3.05, 3.63) is 29.6 Å². The van der Waals surface area contributed by atoms with E-state index in [9.17, 15) is 0 Å². The van der Waals surface area contributed by atoms with E-state index in [0.29, 0.717) is 0 Å². The van der Waals surface area contributed by atoms with Crippen molar-refractivity contribution in [2.45, 2.75) is 33.7 Å². The van der Waals surface area contributed by atoms with E-state index < -0.39 is 0 Å². The largest absolute Gasteiger partial charge is 0.200 e. The first-order valence-corrected chi connectivity index (χ1v) is 4.21. The molecule has 0 unspecified atom stereocenters. The van der Waals surface area contributed by atoms with Crippen LogP contribution in [0.2, 0.25) is 0 Å². The maximum absolute atomic E-state index is 2.35. The van der Waals surface area contributed by atoms with E-state index in [1.54, 1.807) is 0 Å². The number of aromatic nitrogens is 1. The molecule has 0 bridgehead atoms. The number of hydrogen-bond acceptors (Lipinski definition) is 0. The fraction of sp³-hybridized carbons (Fsp3) is 0.500. The first kappa shape index (κ1) is 8.25. The van der Waals surface area contributed by atoms with Gasteiger partial charge in [-0.3, -0.25) is 0 Å². The van der Waals surface area contributed by atoms with Crippen LogP contribution in [0.15, 0.2) is 18.2 Å². The smallest absolute Gasteiger partial charge is 0.178 e. The van der Waals surface area contributed by atoms with Gasteiger partial charge in [0, 0.05) is 32.4 Å². The minimum absolute atomic E-state index is 1.14. The van der Waals surface area contributed by atoms with Gasteiger partial charge in [0.1, 0.15) is 6.54 Å². The fourth-order valence-corrected chi connectivity index (χ4v) is 1.36. The molecular formula is C10H16N+. The molecule has 1 aromatic rings. The summed E-state index contributed by atoms with van der Waals surface area (Å²) < 4.78 is 2.35. The Morgan fingerprint density at radius 2 is 1.73 bits per heavy atom. The molecule has 1 nitrogen and oxygen atoms in total. The molecule has 1 heteroatoms. The molecule has 0 fully saturated rings. The molecule has 0 atom stereocenters. The monoisotopic (exact) mass is 150 g/mol. The molecule has 1 aromatic heterocycles. The fourth-order valence-electron chi connectivity index (χ4n) is 1.36.